The fourth-order valence-corrected chi connectivity index (χ4v) is 4.94. The number of rotatable bonds is 5. The molecule has 4 rings (SSSR count). The molecule has 1 aliphatic heterocycles. The second kappa shape index (κ2) is 7.69. The van der Waals surface area contributed by atoms with Gasteiger partial charge in [-0.3, -0.25) is 0 Å². The van der Waals surface area contributed by atoms with Crippen molar-refractivity contribution < 1.29 is 13.2 Å². The van der Waals surface area contributed by atoms with E-state index < -0.39 is 10.0 Å². The smallest absolute Gasteiger partial charge is 0.243 e. The molecule has 0 spiro atoms. The Morgan fingerprint density at radius 1 is 1.00 bits per heavy atom. The van der Waals surface area contributed by atoms with Gasteiger partial charge in [-0.15, -0.1) is 5.10 Å². The van der Waals surface area contributed by atoms with Crippen LogP contribution in [0.25, 0.3) is 5.69 Å². The third kappa shape index (κ3) is 3.50. The molecular formula is C19H21N5O3S. The van der Waals surface area contributed by atoms with E-state index in [1.165, 1.54) is 0 Å². The van der Waals surface area contributed by atoms with Gasteiger partial charge in [0.25, 0.3) is 0 Å². The SMILES string of the molecule is COc1ccc(-n2nnnc2C2CCN(S(=O)(=O)c3ccccc3)CC2)cc1. The molecule has 2 aromatic carbocycles. The molecule has 0 saturated carbocycles. The largest absolute Gasteiger partial charge is 0.497 e. The summed E-state index contributed by atoms with van der Waals surface area (Å²) in [4.78, 5) is 0.330. The molecule has 0 radical (unpaired) electrons. The normalized spacial score (nSPS) is 16.2. The molecular weight excluding hydrogens is 378 g/mol. The van der Waals surface area contributed by atoms with Crippen LogP contribution in [-0.2, 0) is 10.0 Å². The van der Waals surface area contributed by atoms with Crippen molar-refractivity contribution in [1.82, 2.24) is 24.5 Å². The van der Waals surface area contributed by atoms with Crippen LogP contribution in [0.15, 0.2) is 59.5 Å². The van der Waals surface area contributed by atoms with E-state index >= 15 is 0 Å². The van der Waals surface area contributed by atoms with Gasteiger partial charge in [0.05, 0.1) is 17.7 Å². The average Bonchev–Trinajstić information content (AvgIpc) is 3.24. The van der Waals surface area contributed by atoms with Crippen LogP contribution in [0, 0.1) is 0 Å². The number of sulfonamides is 1. The Labute approximate surface area is 163 Å². The summed E-state index contributed by atoms with van der Waals surface area (Å²) in [7, 11) is -1.84. The Bertz CT molecular complexity index is 1030. The van der Waals surface area contributed by atoms with Crippen molar-refractivity contribution in [3.8, 4) is 11.4 Å². The highest BCUT2D eigenvalue weighted by Crippen LogP contribution is 2.30. The number of benzene rings is 2. The Morgan fingerprint density at radius 2 is 1.68 bits per heavy atom. The lowest BCUT2D eigenvalue weighted by Gasteiger charge is -2.30. The van der Waals surface area contributed by atoms with Gasteiger partial charge >= 0.3 is 0 Å². The summed E-state index contributed by atoms with van der Waals surface area (Å²) < 4.78 is 34.0. The third-order valence-electron chi connectivity index (χ3n) is 5.01. The van der Waals surface area contributed by atoms with Gasteiger partial charge in [-0.25, -0.2) is 8.42 Å². The molecule has 0 aliphatic carbocycles. The fourth-order valence-electron chi connectivity index (χ4n) is 3.45. The molecule has 2 heterocycles. The average molecular weight is 399 g/mol. The zero-order valence-corrected chi connectivity index (χ0v) is 16.3. The minimum atomic E-state index is -3.46. The Morgan fingerprint density at radius 3 is 2.32 bits per heavy atom. The minimum absolute atomic E-state index is 0.0966. The number of piperidine rings is 1. The number of nitrogens with zero attached hydrogens (tertiary/aromatic N) is 5. The molecule has 0 atom stereocenters. The summed E-state index contributed by atoms with van der Waals surface area (Å²) in [5.74, 6) is 1.61. The van der Waals surface area contributed by atoms with Crippen LogP contribution < -0.4 is 4.74 Å². The summed E-state index contributed by atoms with van der Waals surface area (Å²) >= 11 is 0. The maximum atomic E-state index is 12.8. The number of hydrogen-bond acceptors (Lipinski definition) is 6. The van der Waals surface area contributed by atoms with E-state index in [0.717, 1.165) is 17.3 Å². The molecule has 3 aromatic rings. The fraction of sp³-hybridized carbons (Fsp3) is 0.316. The van der Waals surface area contributed by atoms with E-state index in [0.29, 0.717) is 30.8 Å². The summed E-state index contributed by atoms with van der Waals surface area (Å²) in [5, 5.41) is 12.2. The number of ether oxygens (including phenoxy) is 1. The summed E-state index contributed by atoms with van der Waals surface area (Å²) in [6.45, 7) is 0.884. The first-order valence-electron chi connectivity index (χ1n) is 9.07. The molecule has 146 valence electrons. The van der Waals surface area contributed by atoms with E-state index in [-0.39, 0.29) is 5.92 Å². The van der Waals surface area contributed by atoms with E-state index in [4.69, 9.17) is 4.74 Å². The van der Waals surface area contributed by atoms with Gasteiger partial charge in [0.15, 0.2) is 5.82 Å². The van der Waals surface area contributed by atoms with Gasteiger partial charge in [0, 0.05) is 19.0 Å². The standard InChI is InChI=1S/C19H21N5O3S/c1-27-17-9-7-16(8-10-17)24-19(20-21-22-24)15-11-13-23(14-12-15)28(25,26)18-5-3-2-4-6-18/h2-10,15H,11-14H2,1H3. The van der Waals surface area contributed by atoms with Crippen molar-refractivity contribution in [2.45, 2.75) is 23.7 Å². The van der Waals surface area contributed by atoms with Crippen LogP contribution in [0.3, 0.4) is 0 Å². The topological polar surface area (TPSA) is 90.2 Å². The number of methoxy groups -OCH3 is 1. The number of tetrazole rings is 1. The van der Waals surface area contributed by atoms with Crippen molar-refractivity contribution in [1.29, 1.82) is 0 Å². The van der Waals surface area contributed by atoms with Crippen LogP contribution in [-0.4, -0.2) is 53.1 Å². The molecule has 1 aliphatic rings. The first-order chi connectivity index (χ1) is 13.6. The van der Waals surface area contributed by atoms with Crippen molar-refractivity contribution >= 4 is 10.0 Å². The third-order valence-corrected chi connectivity index (χ3v) is 6.92. The van der Waals surface area contributed by atoms with Crippen LogP contribution in [0.1, 0.15) is 24.6 Å². The van der Waals surface area contributed by atoms with Gasteiger partial charge in [0.1, 0.15) is 5.75 Å². The maximum absolute atomic E-state index is 12.8. The zero-order chi connectivity index (χ0) is 19.6. The number of hydrogen-bond donors (Lipinski definition) is 0. The summed E-state index contributed by atoms with van der Waals surface area (Å²) in [5.41, 5.74) is 0.847. The lowest BCUT2D eigenvalue weighted by molar-refractivity contribution is 0.311. The summed E-state index contributed by atoms with van der Waals surface area (Å²) in [6.07, 6.45) is 1.34. The second-order valence-electron chi connectivity index (χ2n) is 6.64. The highest BCUT2D eigenvalue weighted by atomic mass is 32.2. The zero-order valence-electron chi connectivity index (χ0n) is 15.5. The van der Waals surface area contributed by atoms with E-state index in [1.807, 2.05) is 30.3 Å². The second-order valence-corrected chi connectivity index (χ2v) is 8.58. The monoisotopic (exact) mass is 399 g/mol. The van der Waals surface area contributed by atoms with Crippen molar-refractivity contribution in [3.63, 3.8) is 0 Å². The van der Waals surface area contributed by atoms with Gasteiger partial charge in [-0.1, -0.05) is 18.2 Å². The van der Waals surface area contributed by atoms with Crippen LogP contribution >= 0.6 is 0 Å². The molecule has 0 unspecified atom stereocenters. The van der Waals surface area contributed by atoms with Gasteiger partial charge in [-0.2, -0.15) is 8.99 Å². The summed E-state index contributed by atoms with van der Waals surface area (Å²) in [6, 6.07) is 16.1. The quantitative estimate of drug-likeness (QED) is 0.654. The molecule has 1 fully saturated rings. The molecule has 28 heavy (non-hydrogen) atoms. The van der Waals surface area contributed by atoms with Crippen LogP contribution in [0.4, 0.5) is 0 Å². The number of aromatic nitrogens is 4. The van der Waals surface area contributed by atoms with Crippen LogP contribution in [0.2, 0.25) is 0 Å². The van der Waals surface area contributed by atoms with Crippen molar-refractivity contribution in [3.05, 3.63) is 60.4 Å². The molecule has 8 nitrogen and oxygen atoms in total. The lowest BCUT2D eigenvalue weighted by Crippen LogP contribution is -2.38. The van der Waals surface area contributed by atoms with Crippen molar-refractivity contribution in [2.75, 3.05) is 20.2 Å². The van der Waals surface area contributed by atoms with Gasteiger partial charge < -0.3 is 4.74 Å². The highest BCUT2D eigenvalue weighted by molar-refractivity contribution is 7.89. The molecule has 0 amide bonds. The van der Waals surface area contributed by atoms with Gasteiger partial charge in [-0.05, 0) is 59.7 Å². The van der Waals surface area contributed by atoms with E-state index in [1.54, 1.807) is 40.4 Å². The van der Waals surface area contributed by atoms with E-state index in [2.05, 4.69) is 15.5 Å². The predicted octanol–water partition coefficient (Wildman–Crippen LogP) is 2.24. The minimum Gasteiger partial charge on any atom is -0.497 e. The molecule has 0 bridgehead atoms. The van der Waals surface area contributed by atoms with Crippen molar-refractivity contribution in [2.24, 2.45) is 0 Å². The molecule has 1 saturated heterocycles. The Kier molecular flexibility index (Phi) is 5.10. The van der Waals surface area contributed by atoms with E-state index in [9.17, 15) is 8.42 Å². The first-order valence-corrected chi connectivity index (χ1v) is 10.5. The highest BCUT2D eigenvalue weighted by Gasteiger charge is 2.32. The first kappa shape index (κ1) is 18.6. The van der Waals surface area contributed by atoms with Crippen LogP contribution in [0.5, 0.6) is 5.75 Å². The predicted molar refractivity (Wildman–Crippen MR) is 103 cm³/mol. The molecule has 1 aromatic heterocycles. The molecule has 0 N–H and O–H groups in total. The lowest BCUT2D eigenvalue weighted by atomic mass is 9.97. The molecule has 9 heteroatoms. The Hall–Kier alpha value is -2.78. The maximum Gasteiger partial charge on any atom is 0.243 e. The Balaban J connectivity index is 1.50. The van der Waals surface area contributed by atoms with Gasteiger partial charge in [0.2, 0.25) is 10.0 Å².